The predicted octanol–water partition coefficient (Wildman–Crippen LogP) is 3.26. The Bertz CT molecular complexity index is 493. The second-order valence-corrected chi connectivity index (χ2v) is 6.80. The monoisotopic (exact) mass is 296 g/mol. The molecule has 3 nitrogen and oxygen atoms in total. The van der Waals surface area contributed by atoms with Gasteiger partial charge in [0.25, 0.3) is 0 Å². The smallest absolute Gasteiger partial charge is 0.182 e. The molecule has 0 N–H and O–H groups in total. The summed E-state index contributed by atoms with van der Waals surface area (Å²) in [5.41, 5.74) is 3.01. The number of Topliss-reactive ketones (excluding diaryl/α,β-unsaturated/α-hetero) is 1. The van der Waals surface area contributed by atoms with Gasteiger partial charge in [-0.15, -0.1) is 11.6 Å². The van der Waals surface area contributed by atoms with Crippen LogP contribution in [0.4, 0.5) is 0 Å². The molecule has 0 aromatic carbocycles. The third-order valence-electron chi connectivity index (χ3n) is 4.36. The summed E-state index contributed by atoms with van der Waals surface area (Å²) in [5.74, 6) is 0.710. The molecule has 1 aromatic rings. The first-order valence-electron chi connectivity index (χ1n) is 7.43. The molecule has 0 spiro atoms. The molecule has 1 aliphatic heterocycles. The number of aromatic nitrogens is 1. The van der Waals surface area contributed by atoms with Gasteiger partial charge in [-0.05, 0) is 59.2 Å². The van der Waals surface area contributed by atoms with E-state index in [1.54, 1.807) is 6.92 Å². The van der Waals surface area contributed by atoms with Crippen molar-refractivity contribution in [1.82, 2.24) is 9.47 Å². The van der Waals surface area contributed by atoms with Crippen LogP contribution in [0.3, 0.4) is 0 Å². The van der Waals surface area contributed by atoms with E-state index in [0.717, 1.165) is 30.0 Å². The highest BCUT2D eigenvalue weighted by Crippen LogP contribution is 2.23. The Hall–Kier alpha value is -0.800. The van der Waals surface area contributed by atoms with Crippen LogP contribution in [0, 0.1) is 19.8 Å². The zero-order valence-corrected chi connectivity index (χ0v) is 13.7. The Morgan fingerprint density at radius 2 is 2.20 bits per heavy atom. The first-order valence-corrected chi connectivity index (χ1v) is 7.87. The van der Waals surface area contributed by atoms with Crippen LogP contribution in [0.1, 0.15) is 41.5 Å². The number of aryl methyl sites for hydroxylation is 1. The van der Waals surface area contributed by atoms with Gasteiger partial charge in [0.05, 0.1) is 5.38 Å². The van der Waals surface area contributed by atoms with Crippen molar-refractivity contribution in [2.24, 2.45) is 5.92 Å². The van der Waals surface area contributed by atoms with Crippen LogP contribution in [-0.2, 0) is 6.54 Å². The maximum Gasteiger partial charge on any atom is 0.182 e. The van der Waals surface area contributed by atoms with E-state index in [2.05, 4.69) is 23.4 Å². The van der Waals surface area contributed by atoms with Gasteiger partial charge in [-0.3, -0.25) is 4.79 Å². The van der Waals surface area contributed by atoms with E-state index >= 15 is 0 Å². The highest BCUT2D eigenvalue weighted by molar-refractivity contribution is 6.33. The zero-order chi connectivity index (χ0) is 14.9. The molecule has 20 heavy (non-hydrogen) atoms. The Balaban J connectivity index is 2.18. The van der Waals surface area contributed by atoms with Crippen molar-refractivity contribution in [3.05, 3.63) is 23.0 Å². The van der Waals surface area contributed by atoms with Crippen LogP contribution in [0.15, 0.2) is 6.07 Å². The summed E-state index contributed by atoms with van der Waals surface area (Å²) < 4.78 is 2.29. The summed E-state index contributed by atoms with van der Waals surface area (Å²) in [7, 11) is 2.19. The van der Waals surface area contributed by atoms with E-state index in [-0.39, 0.29) is 5.78 Å². The van der Waals surface area contributed by atoms with E-state index in [4.69, 9.17) is 11.6 Å². The molecule has 112 valence electrons. The molecule has 2 rings (SSSR count). The van der Waals surface area contributed by atoms with Crippen molar-refractivity contribution in [2.45, 2.75) is 45.5 Å². The highest BCUT2D eigenvalue weighted by Gasteiger charge is 2.22. The number of halogens is 1. The normalized spacial score (nSPS) is 21.9. The van der Waals surface area contributed by atoms with E-state index < -0.39 is 5.38 Å². The van der Waals surface area contributed by atoms with Crippen LogP contribution in [0.5, 0.6) is 0 Å². The molecule has 2 unspecified atom stereocenters. The van der Waals surface area contributed by atoms with Gasteiger partial charge in [0.2, 0.25) is 0 Å². The number of carbonyl (C=O) groups excluding carboxylic acids is 1. The van der Waals surface area contributed by atoms with Gasteiger partial charge < -0.3 is 9.47 Å². The molecule has 1 fully saturated rings. The average Bonchev–Trinajstić information content (AvgIpc) is 2.66. The van der Waals surface area contributed by atoms with Gasteiger partial charge in [0.1, 0.15) is 0 Å². The van der Waals surface area contributed by atoms with Gasteiger partial charge >= 0.3 is 0 Å². The summed E-state index contributed by atoms with van der Waals surface area (Å²) in [4.78, 5) is 14.5. The number of hydrogen-bond acceptors (Lipinski definition) is 2. The topological polar surface area (TPSA) is 25.2 Å². The first-order chi connectivity index (χ1) is 9.40. The fourth-order valence-electron chi connectivity index (χ4n) is 3.23. The largest absolute Gasteiger partial charge is 0.348 e. The fraction of sp³-hybridized carbons (Fsp3) is 0.688. The van der Waals surface area contributed by atoms with Crippen molar-refractivity contribution >= 4 is 17.4 Å². The first kappa shape index (κ1) is 15.6. The van der Waals surface area contributed by atoms with E-state index in [1.807, 2.05) is 13.0 Å². The molecule has 2 heterocycles. The molecule has 0 radical (unpaired) electrons. The van der Waals surface area contributed by atoms with Crippen LogP contribution in [0.25, 0.3) is 0 Å². The number of alkyl halides is 1. The van der Waals surface area contributed by atoms with Crippen LogP contribution >= 0.6 is 11.6 Å². The van der Waals surface area contributed by atoms with E-state index in [1.165, 1.54) is 19.4 Å². The predicted molar refractivity (Wildman–Crippen MR) is 83.8 cm³/mol. The third-order valence-corrected chi connectivity index (χ3v) is 4.56. The van der Waals surface area contributed by atoms with Crippen molar-refractivity contribution < 1.29 is 4.79 Å². The maximum absolute atomic E-state index is 12.1. The van der Waals surface area contributed by atoms with Gasteiger partial charge in [0, 0.05) is 30.0 Å². The van der Waals surface area contributed by atoms with Crippen molar-refractivity contribution in [2.75, 3.05) is 20.1 Å². The number of nitrogens with zero attached hydrogens (tertiary/aromatic N) is 2. The Morgan fingerprint density at radius 1 is 1.50 bits per heavy atom. The van der Waals surface area contributed by atoms with Gasteiger partial charge in [-0.2, -0.15) is 0 Å². The molecule has 1 aliphatic rings. The third kappa shape index (κ3) is 3.26. The number of likely N-dealkylation sites (tertiary alicyclic amines) is 1. The SMILES string of the molecule is Cc1cc(C(=O)C(C)Cl)c(C)n1CC1CCCN(C)C1. The second-order valence-electron chi connectivity index (χ2n) is 6.15. The molecule has 4 heteroatoms. The van der Waals surface area contributed by atoms with Crippen molar-refractivity contribution in [1.29, 1.82) is 0 Å². The van der Waals surface area contributed by atoms with Gasteiger partial charge in [-0.25, -0.2) is 0 Å². The molecule has 1 saturated heterocycles. The lowest BCUT2D eigenvalue weighted by molar-refractivity contribution is 0.0991. The summed E-state index contributed by atoms with van der Waals surface area (Å²) in [6.07, 6.45) is 2.54. The fourth-order valence-corrected chi connectivity index (χ4v) is 3.34. The number of carbonyl (C=O) groups is 1. The van der Waals surface area contributed by atoms with E-state index in [9.17, 15) is 4.79 Å². The second kappa shape index (κ2) is 6.31. The summed E-state index contributed by atoms with van der Waals surface area (Å²) in [6, 6.07) is 1.99. The molecule has 0 amide bonds. The van der Waals surface area contributed by atoms with E-state index in [0.29, 0.717) is 5.92 Å². The average molecular weight is 297 g/mol. The lowest BCUT2D eigenvalue weighted by Crippen LogP contribution is -2.34. The number of piperidine rings is 1. The molecule has 0 bridgehead atoms. The lowest BCUT2D eigenvalue weighted by Gasteiger charge is -2.30. The number of ketones is 1. The van der Waals surface area contributed by atoms with Crippen LogP contribution in [0.2, 0.25) is 0 Å². The summed E-state index contributed by atoms with van der Waals surface area (Å²) in [6.45, 7) is 9.21. The summed E-state index contributed by atoms with van der Waals surface area (Å²) in [5, 5.41) is -0.454. The molecule has 2 atom stereocenters. The Labute approximate surface area is 126 Å². The van der Waals surface area contributed by atoms with Crippen LogP contribution in [-0.4, -0.2) is 40.8 Å². The number of rotatable bonds is 4. The minimum absolute atomic E-state index is 0.0341. The quantitative estimate of drug-likeness (QED) is 0.629. The zero-order valence-electron chi connectivity index (χ0n) is 12.9. The summed E-state index contributed by atoms with van der Waals surface area (Å²) >= 11 is 5.94. The van der Waals surface area contributed by atoms with Crippen molar-refractivity contribution in [3.8, 4) is 0 Å². The van der Waals surface area contributed by atoms with Crippen LogP contribution < -0.4 is 0 Å². The molecule has 1 aromatic heterocycles. The van der Waals surface area contributed by atoms with Gasteiger partial charge in [0.15, 0.2) is 5.78 Å². The molecular weight excluding hydrogens is 272 g/mol. The minimum Gasteiger partial charge on any atom is -0.348 e. The van der Waals surface area contributed by atoms with Gasteiger partial charge in [-0.1, -0.05) is 0 Å². The molecular formula is C16H25ClN2O. The molecule has 0 aliphatic carbocycles. The maximum atomic E-state index is 12.1. The lowest BCUT2D eigenvalue weighted by atomic mass is 9.98. The standard InChI is InChI=1S/C16H25ClN2O/c1-11-8-15(16(20)12(2)17)13(3)19(11)10-14-6-5-7-18(4)9-14/h8,12,14H,5-7,9-10H2,1-4H3. The minimum atomic E-state index is -0.454. The highest BCUT2D eigenvalue weighted by atomic mass is 35.5. The Kier molecular flexibility index (Phi) is 4.92. The van der Waals surface area contributed by atoms with Crippen molar-refractivity contribution in [3.63, 3.8) is 0 Å². The Morgan fingerprint density at radius 3 is 2.80 bits per heavy atom. The number of hydrogen-bond donors (Lipinski definition) is 0. The molecule has 0 saturated carbocycles.